The van der Waals surface area contributed by atoms with Crippen molar-refractivity contribution in [3.8, 4) is 17.1 Å². The van der Waals surface area contributed by atoms with Crippen molar-refractivity contribution < 1.29 is 9.13 Å². The molecule has 0 saturated heterocycles. The molecule has 0 aliphatic carbocycles. The number of ether oxygens (including phenoxy) is 1. The molecule has 0 amide bonds. The monoisotopic (exact) mass is 335 g/mol. The van der Waals surface area contributed by atoms with E-state index in [2.05, 4.69) is 20.4 Å². The van der Waals surface area contributed by atoms with Gasteiger partial charge in [0.2, 0.25) is 5.88 Å². The molecule has 0 aliphatic rings. The number of fused-ring (bicyclic) bond motifs is 1. The van der Waals surface area contributed by atoms with Crippen LogP contribution in [0.4, 0.5) is 15.9 Å². The Morgan fingerprint density at radius 3 is 2.72 bits per heavy atom. The van der Waals surface area contributed by atoms with Gasteiger partial charge >= 0.3 is 0 Å². The lowest BCUT2D eigenvalue weighted by Gasteiger charge is -2.07. The highest BCUT2D eigenvalue weighted by molar-refractivity contribution is 5.63. The fraction of sp³-hybridized carbons (Fsp3) is 0.0556. The number of aromatic nitrogens is 4. The van der Waals surface area contributed by atoms with Crippen molar-refractivity contribution in [2.75, 3.05) is 12.4 Å². The number of nitrogens with zero attached hydrogens (tertiary/aromatic N) is 4. The van der Waals surface area contributed by atoms with Crippen LogP contribution in [0.3, 0.4) is 0 Å². The summed E-state index contributed by atoms with van der Waals surface area (Å²) in [6.45, 7) is 0. The molecule has 3 heterocycles. The van der Waals surface area contributed by atoms with Crippen molar-refractivity contribution in [2.24, 2.45) is 0 Å². The van der Waals surface area contributed by atoms with Crippen molar-refractivity contribution in [1.82, 2.24) is 19.6 Å². The molecule has 0 spiro atoms. The molecule has 0 aliphatic heterocycles. The Morgan fingerprint density at radius 1 is 1.04 bits per heavy atom. The number of benzene rings is 1. The van der Waals surface area contributed by atoms with Crippen LogP contribution in [-0.4, -0.2) is 26.7 Å². The molecule has 4 aromatic rings. The van der Waals surface area contributed by atoms with Gasteiger partial charge in [-0.25, -0.2) is 14.4 Å². The number of nitrogens with one attached hydrogen (secondary N) is 1. The zero-order valence-electron chi connectivity index (χ0n) is 13.3. The summed E-state index contributed by atoms with van der Waals surface area (Å²) in [5.41, 5.74) is 2.90. The van der Waals surface area contributed by atoms with Gasteiger partial charge in [-0.15, -0.1) is 0 Å². The van der Waals surface area contributed by atoms with Gasteiger partial charge in [-0.1, -0.05) is 6.07 Å². The van der Waals surface area contributed by atoms with E-state index in [1.54, 1.807) is 42.2 Å². The molecule has 0 saturated carbocycles. The van der Waals surface area contributed by atoms with E-state index < -0.39 is 0 Å². The van der Waals surface area contributed by atoms with Crippen molar-refractivity contribution in [2.45, 2.75) is 0 Å². The number of rotatable bonds is 4. The maximum absolute atomic E-state index is 13.4. The number of anilines is 2. The maximum atomic E-state index is 13.4. The fourth-order valence-corrected chi connectivity index (χ4v) is 2.48. The summed E-state index contributed by atoms with van der Waals surface area (Å²) >= 11 is 0. The third-order valence-electron chi connectivity index (χ3n) is 3.70. The molecule has 3 aromatic heterocycles. The molecule has 0 bridgehead atoms. The zero-order chi connectivity index (χ0) is 17.2. The molecule has 6 nitrogen and oxygen atoms in total. The minimum atomic E-state index is -0.309. The van der Waals surface area contributed by atoms with Gasteiger partial charge in [0.1, 0.15) is 5.82 Å². The Morgan fingerprint density at radius 2 is 1.96 bits per heavy atom. The molecular weight excluding hydrogens is 321 g/mol. The van der Waals surface area contributed by atoms with Crippen LogP contribution >= 0.6 is 0 Å². The second-order valence-electron chi connectivity index (χ2n) is 5.36. The van der Waals surface area contributed by atoms with E-state index in [4.69, 9.17) is 4.74 Å². The molecule has 124 valence electrons. The predicted octanol–water partition coefficient (Wildman–Crippen LogP) is 3.68. The lowest BCUT2D eigenvalue weighted by Crippen LogP contribution is -2.00. The van der Waals surface area contributed by atoms with Gasteiger partial charge in [-0.05, 0) is 36.4 Å². The minimum absolute atomic E-state index is 0.309. The third-order valence-corrected chi connectivity index (χ3v) is 3.70. The smallest absolute Gasteiger partial charge is 0.212 e. The highest BCUT2D eigenvalue weighted by Crippen LogP contribution is 2.22. The van der Waals surface area contributed by atoms with E-state index in [0.29, 0.717) is 23.0 Å². The van der Waals surface area contributed by atoms with Crippen molar-refractivity contribution in [1.29, 1.82) is 0 Å². The SMILES string of the molecule is COc1ccc(-c2ccc3ncc(Nc4cccc(F)c4)n3n2)cn1. The van der Waals surface area contributed by atoms with Crippen LogP contribution in [0.1, 0.15) is 0 Å². The van der Waals surface area contributed by atoms with E-state index in [9.17, 15) is 4.39 Å². The molecule has 0 fully saturated rings. The molecule has 0 unspecified atom stereocenters. The molecule has 7 heteroatoms. The van der Waals surface area contributed by atoms with Crippen LogP contribution in [0.15, 0.2) is 60.9 Å². The Bertz CT molecular complexity index is 1030. The average Bonchev–Trinajstić information content (AvgIpc) is 3.04. The second-order valence-corrected chi connectivity index (χ2v) is 5.36. The van der Waals surface area contributed by atoms with Crippen LogP contribution in [0, 0.1) is 5.82 Å². The van der Waals surface area contributed by atoms with Gasteiger partial charge in [0, 0.05) is 23.5 Å². The summed E-state index contributed by atoms with van der Waals surface area (Å²) in [5, 5.41) is 7.72. The first-order valence-electron chi connectivity index (χ1n) is 7.61. The molecule has 4 rings (SSSR count). The Hall–Kier alpha value is -3.48. The largest absolute Gasteiger partial charge is 0.481 e. The van der Waals surface area contributed by atoms with Crippen molar-refractivity contribution >= 4 is 17.2 Å². The van der Waals surface area contributed by atoms with Crippen LogP contribution in [0.25, 0.3) is 16.9 Å². The number of pyridine rings is 1. The van der Waals surface area contributed by atoms with Gasteiger partial charge < -0.3 is 10.1 Å². The molecule has 0 radical (unpaired) electrons. The average molecular weight is 335 g/mol. The quantitative estimate of drug-likeness (QED) is 0.616. The first-order valence-corrected chi connectivity index (χ1v) is 7.61. The summed E-state index contributed by atoms with van der Waals surface area (Å²) < 4.78 is 20.1. The Kier molecular flexibility index (Phi) is 3.74. The van der Waals surface area contributed by atoms with E-state index in [-0.39, 0.29) is 5.82 Å². The van der Waals surface area contributed by atoms with Gasteiger partial charge in [0.25, 0.3) is 0 Å². The lowest BCUT2D eigenvalue weighted by molar-refractivity contribution is 0.398. The highest BCUT2D eigenvalue weighted by Gasteiger charge is 2.08. The number of methoxy groups -OCH3 is 1. The number of hydrogen-bond acceptors (Lipinski definition) is 5. The summed E-state index contributed by atoms with van der Waals surface area (Å²) in [7, 11) is 1.57. The number of imidazole rings is 1. The summed E-state index contributed by atoms with van der Waals surface area (Å²) in [4.78, 5) is 8.50. The van der Waals surface area contributed by atoms with Gasteiger partial charge in [-0.3, -0.25) is 0 Å². The molecular formula is C18H14FN5O. The minimum Gasteiger partial charge on any atom is -0.481 e. The standard InChI is InChI=1S/C18H14FN5O/c1-25-18-8-5-12(10-21-18)15-6-7-16-20-11-17(24(16)23-15)22-14-4-2-3-13(19)9-14/h2-11,22H,1H3. The van der Waals surface area contributed by atoms with Gasteiger partial charge in [0.15, 0.2) is 11.5 Å². The first kappa shape index (κ1) is 15.1. The molecule has 1 aromatic carbocycles. The molecule has 1 N–H and O–H groups in total. The van der Waals surface area contributed by atoms with Gasteiger partial charge in [0.05, 0.1) is 19.0 Å². The van der Waals surface area contributed by atoms with Crippen molar-refractivity contribution in [3.63, 3.8) is 0 Å². The Labute approximate surface area is 142 Å². The van der Waals surface area contributed by atoms with E-state index in [1.165, 1.54) is 12.1 Å². The molecule has 0 atom stereocenters. The molecule has 25 heavy (non-hydrogen) atoms. The summed E-state index contributed by atoms with van der Waals surface area (Å²) in [6.07, 6.45) is 3.35. The summed E-state index contributed by atoms with van der Waals surface area (Å²) in [5.74, 6) is 0.876. The second kappa shape index (κ2) is 6.20. The Balaban J connectivity index is 1.71. The highest BCUT2D eigenvalue weighted by atomic mass is 19.1. The number of hydrogen-bond donors (Lipinski definition) is 1. The van der Waals surface area contributed by atoms with E-state index in [1.807, 2.05) is 18.2 Å². The van der Waals surface area contributed by atoms with Crippen LogP contribution in [-0.2, 0) is 0 Å². The van der Waals surface area contributed by atoms with Crippen LogP contribution < -0.4 is 10.1 Å². The van der Waals surface area contributed by atoms with E-state index in [0.717, 1.165) is 11.3 Å². The fourth-order valence-electron chi connectivity index (χ4n) is 2.48. The zero-order valence-corrected chi connectivity index (χ0v) is 13.3. The van der Waals surface area contributed by atoms with Crippen LogP contribution in [0.2, 0.25) is 0 Å². The maximum Gasteiger partial charge on any atom is 0.212 e. The van der Waals surface area contributed by atoms with Gasteiger partial charge in [-0.2, -0.15) is 9.61 Å². The predicted molar refractivity (Wildman–Crippen MR) is 92.5 cm³/mol. The summed E-state index contributed by atoms with van der Waals surface area (Å²) in [6, 6.07) is 13.6. The first-order chi connectivity index (χ1) is 12.2. The van der Waals surface area contributed by atoms with Crippen molar-refractivity contribution in [3.05, 3.63) is 66.7 Å². The topological polar surface area (TPSA) is 64.3 Å². The third kappa shape index (κ3) is 2.99. The normalized spacial score (nSPS) is 10.8. The number of halogens is 1. The lowest BCUT2D eigenvalue weighted by atomic mass is 10.2. The van der Waals surface area contributed by atoms with Crippen LogP contribution in [0.5, 0.6) is 5.88 Å². The van der Waals surface area contributed by atoms with E-state index >= 15 is 0 Å².